The van der Waals surface area contributed by atoms with Crippen LogP contribution in [0.3, 0.4) is 0 Å². The minimum absolute atomic E-state index is 0.119. The smallest absolute Gasteiger partial charge is 0.311 e. The molecular formula is C12H12N4O3. The Morgan fingerprint density at radius 3 is 2.63 bits per heavy atom. The molecule has 0 spiro atoms. The molecule has 0 fully saturated rings. The highest BCUT2D eigenvalue weighted by Gasteiger charge is 2.16. The van der Waals surface area contributed by atoms with E-state index in [9.17, 15) is 10.1 Å². The van der Waals surface area contributed by atoms with Crippen LogP contribution in [-0.4, -0.2) is 33.1 Å². The van der Waals surface area contributed by atoms with Crippen molar-refractivity contribution in [1.29, 1.82) is 0 Å². The molecule has 2 aromatic heterocycles. The predicted octanol–water partition coefficient (Wildman–Crippen LogP) is 1.46. The fraction of sp³-hybridized carbons (Fsp3) is 0.167. The third kappa shape index (κ3) is 3.02. The van der Waals surface area contributed by atoms with Crippen molar-refractivity contribution in [3.63, 3.8) is 0 Å². The molecule has 2 aromatic rings. The van der Waals surface area contributed by atoms with Gasteiger partial charge in [0.05, 0.1) is 17.2 Å². The van der Waals surface area contributed by atoms with Gasteiger partial charge in [-0.2, -0.15) is 0 Å². The molecule has 0 aliphatic carbocycles. The molecule has 98 valence electrons. The highest BCUT2D eigenvalue weighted by Crippen LogP contribution is 2.26. The Morgan fingerprint density at radius 1 is 1.26 bits per heavy atom. The molecule has 7 heteroatoms. The first kappa shape index (κ1) is 12.9. The number of aliphatic hydroxyl groups is 1. The van der Waals surface area contributed by atoms with Crippen LogP contribution in [0, 0.1) is 10.1 Å². The molecule has 0 aromatic carbocycles. The van der Waals surface area contributed by atoms with Crippen LogP contribution in [0.2, 0.25) is 0 Å². The minimum atomic E-state index is -0.511. The number of pyridine rings is 2. The molecule has 0 radical (unpaired) electrons. The zero-order valence-electron chi connectivity index (χ0n) is 9.98. The van der Waals surface area contributed by atoms with E-state index in [1.165, 1.54) is 6.07 Å². The van der Waals surface area contributed by atoms with Gasteiger partial charge < -0.3 is 10.4 Å². The van der Waals surface area contributed by atoms with E-state index in [2.05, 4.69) is 15.3 Å². The second kappa shape index (κ2) is 5.87. The van der Waals surface area contributed by atoms with Gasteiger partial charge >= 0.3 is 5.69 Å². The average molecular weight is 260 g/mol. The number of nitro groups is 1. The van der Waals surface area contributed by atoms with Crippen molar-refractivity contribution in [2.75, 3.05) is 18.5 Å². The van der Waals surface area contributed by atoms with Crippen molar-refractivity contribution in [1.82, 2.24) is 9.97 Å². The van der Waals surface area contributed by atoms with Crippen molar-refractivity contribution >= 4 is 11.5 Å². The number of nitrogens with zero attached hydrogens (tertiary/aromatic N) is 3. The highest BCUT2D eigenvalue weighted by molar-refractivity contribution is 5.66. The van der Waals surface area contributed by atoms with E-state index < -0.39 is 4.92 Å². The molecule has 0 unspecified atom stereocenters. The van der Waals surface area contributed by atoms with Crippen molar-refractivity contribution in [2.45, 2.75) is 0 Å². The Labute approximate surface area is 109 Å². The Kier molecular flexibility index (Phi) is 3.99. The number of hydrogen-bond donors (Lipinski definition) is 2. The summed E-state index contributed by atoms with van der Waals surface area (Å²) in [5.74, 6) is 0.147. The van der Waals surface area contributed by atoms with Gasteiger partial charge in [-0.1, -0.05) is 0 Å². The summed E-state index contributed by atoms with van der Waals surface area (Å²) in [4.78, 5) is 18.5. The van der Waals surface area contributed by atoms with Crippen LogP contribution in [0.15, 0.2) is 36.7 Å². The number of anilines is 1. The molecular weight excluding hydrogens is 248 g/mol. The molecule has 0 saturated heterocycles. The lowest BCUT2D eigenvalue weighted by molar-refractivity contribution is -0.384. The summed E-state index contributed by atoms with van der Waals surface area (Å²) in [5, 5.41) is 22.4. The molecule has 2 heterocycles. The van der Waals surface area contributed by atoms with Gasteiger partial charge in [0.25, 0.3) is 0 Å². The summed E-state index contributed by atoms with van der Waals surface area (Å²) in [6, 6.07) is 6.51. The summed E-state index contributed by atoms with van der Waals surface area (Å²) < 4.78 is 0. The fourth-order valence-electron chi connectivity index (χ4n) is 1.59. The van der Waals surface area contributed by atoms with Crippen LogP contribution < -0.4 is 5.32 Å². The maximum absolute atomic E-state index is 10.9. The molecule has 0 bridgehead atoms. The van der Waals surface area contributed by atoms with Gasteiger partial charge in [-0.25, -0.2) is 4.98 Å². The lowest BCUT2D eigenvalue weighted by Crippen LogP contribution is -2.09. The van der Waals surface area contributed by atoms with Gasteiger partial charge in [-0.3, -0.25) is 15.1 Å². The topological polar surface area (TPSA) is 101 Å². The van der Waals surface area contributed by atoms with Crippen LogP contribution in [0.5, 0.6) is 0 Å². The molecule has 7 nitrogen and oxygen atoms in total. The van der Waals surface area contributed by atoms with Crippen molar-refractivity contribution < 1.29 is 10.0 Å². The fourth-order valence-corrected chi connectivity index (χ4v) is 1.59. The largest absolute Gasteiger partial charge is 0.395 e. The van der Waals surface area contributed by atoms with Gasteiger partial charge in [0.1, 0.15) is 0 Å². The third-order valence-electron chi connectivity index (χ3n) is 2.45. The molecule has 0 aliphatic rings. The van der Waals surface area contributed by atoms with E-state index in [1.807, 2.05) is 0 Å². The molecule has 0 aliphatic heterocycles. The summed E-state index contributed by atoms with van der Waals surface area (Å²) in [6.45, 7) is 0.0754. The van der Waals surface area contributed by atoms with Crippen LogP contribution in [0.25, 0.3) is 11.3 Å². The van der Waals surface area contributed by atoms with Gasteiger partial charge in [0, 0.05) is 30.6 Å². The Bertz CT molecular complexity index is 574. The van der Waals surface area contributed by atoms with E-state index in [1.54, 1.807) is 30.6 Å². The molecule has 0 saturated carbocycles. The van der Waals surface area contributed by atoms with Crippen molar-refractivity contribution in [3.8, 4) is 11.3 Å². The van der Waals surface area contributed by atoms with Crippen LogP contribution >= 0.6 is 0 Å². The van der Waals surface area contributed by atoms with E-state index in [0.717, 1.165) is 5.56 Å². The Hall–Kier alpha value is -2.54. The summed E-state index contributed by atoms with van der Waals surface area (Å²) >= 11 is 0. The lowest BCUT2D eigenvalue weighted by atomic mass is 10.2. The number of aliphatic hydroxyl groups excluding tert-OH is 1. The molecule has 0 atom stereocenters. The zero-order valence-corrected chi connectivity index (χ0v) is 9.98. The van der Waals surface area contributed by atoms with E-state index in [0.29, 0.717) is 5.69 Å². The minimum Gasteiger partial charge on any atom is -0.395 e. The van der Waals surface area contributed by atoms with Gasteiger partial charge in [-0.15, -0.1) is 0 Å². The Morgan fingerprint density at radius 2 is 2.00 bits per heavy atom. The van der Waals surface area contributed by atoms with Crippen molar-refractivity contribution in [2.24, 2.45) is 0 Å². The molecule has 2 N–H and O–H groups in total. The molecule has 2 rings (SSSR count). The van der Waals surface area contributed by atoms with Crippen LogP contribution in [-0.2, 0) is 0 Å². The van der Waals surface area contributed by atoms with E-state index >= 15 is 0 Å². The summed E-state index contributed by atoms with van der Waals surface area (Å²) in [6.07, 6.45) is 3.25. The average Bonchev–Trinajstić information content (AvgIpc) is 2.45. The normalized spacial score (nSPS) is 10.2. The quantitative estimate of drug-likeness (QED) is 0.623. The number of rotatable bonds is 5. The first-order valence-electron chi connectivity index (χ1n) is 5.63. The second-order valence-electron chi connectivity index (χ2n) is 3.71. The SMILES string of the molecule is O=[N+]([O-])c1ccc(-c2ccncc2)nc1NCCO. The van der Waals surface area contributed by atoms with E-state index in [4.69, 9.17) is 5.11 Å². The van der Waals surface area contributed by atoms with Crippen LogP contribution in [0.4, 0.5) is 11.5 Å². The Balaban J connectivity index is 2.40. The third-order valence-corrected chi connectivity index (χ3v) is 2.45. The van der Waals surface area contributed by atoms with E-state index in [-0.39, 0.29) is 24.7 Å². The number of aromatic nitrogens is 2. The standard InChI is InChI=1S/C12H12N4O3/c17-8-7-14-12-11(16(18)19)2-1-10(15-12)9-3-5-13-6-4-9/h1-6,17H,7-8H2,(H,14,15). The maximum Gasteiger partial charge on any atom is 0.311 e. The van der Waals surface area contributed by atoms with Gasteiger partial charge in [0.15, 0.2) is 0 Å². The number of nitrogens with one attached hydrogen (secondary N) is 1. The van der Waals surface area contributed by atoms with Gasteiger partial charge in [0.2, 0.25) is 5.82 Å². The maximum atomic E-state index is 10.9. The molecule has 0 amide bonds. The zero-order chi connectivity index (χ0) is 13.7. The van der Waals surface area contributed by atoms with Crippen molar-refractivity contribution in [3.05, 3.63) is 46.8 Å². The molecule has 19 heavy (non-hydrogen) atoms. The summed E-state index contributed by atoms with van der Waals surface area (Å²) in [7, 11) is 0. The first-order valence-corrected chi connectivity index (χ1v) is 5.63. The monoisotopic (exact) mass is 260 g/mol. The van der Waals surface area contributed by atoms with Crippen LogP contribution in [0.1, 0.15) is 0 Å². The first-order chi connectivity index (χ1) is 9.22. The number of hydrogen-bond acceptors (Lipinski definition) is 6. The van der Waals surface area contributed by atoms with Gasteiger partial charge in [-0.05, 0) is 18.2 Å². The predicted molar refractivity (Wildman–Crippen MR) is 69.7 cm³/mol. The second-order valence-corrected chi connectivity index (χ2v) is 3.71. The highest BCUT2D eigenvalue weighted by atomic mass is 16.6. The summed E-state index contributed by atoms with van der Waals surface area (Å²) in [5.41, 5.74) is 1.30. The lowest BCUT2D eigenvalue weighted by Gasteiger charge is -2.07.